The van der Waals surface area contributed by atoms with Gasteiger partial charge in [-0.1, -0.05) is 6.92 Å². The molecule has 0 saturated carbocycles. The number of hydrogen-bond acceptors (Lipinski definition) is 3. The van der Waals surface area contributed by atoms with Gasteiger partial charge in [0.15, 0.2) is 0 Å². The molecule has 1 rings (SSSR count). The van der Waals surface area contributed by atoms with Gasteiger partial charge >= 0.3 is 0 Å². The summed E-state index contributed by atoms with van der Waals surface area (Å²) in [5.41, 5.74) is 1.22. The summed E-state index contributed by atoms with van der Waals surface area (Å²) in [6.07, 6.45) is 5.97. The lowest BCUT2D eigenvalue weighted by Gasteiger charge is -2.24. The van der Waals surface area contributed by atoms with Crippen LogP contribution in [0.1, 0.15) is 25.8 Å². The van der Waals surface area contributed by atoms with E-state index in [0.29, 0.717) is 6.04 Å². The molecule has 0 amide bonds. The van der Waals surface area contributed by atoms with Crippen LogP contribution in [-0.2, 0) is 11.2 Å². The Morgan fingerprint density at radius 2 is 2.24 bits per heavy atom. The summed E-state index contributed by atoms with van der Waals surface area (Å²) in [4.78, 5) is 4.19. The average molecular weight is 301 g/mol. The summed E-state index contributed by atoms with van der Waals surface area (Å²) in [5.74, 6) is 0. The molecular formula is C13H21BrN2O. The van der Waals surface area contributed by atoms with Crippen molar-refractivity contribution in [1.29, 1.82) is 0 Å². The molecule has 0 aliphatic carbocycles. The quantitative estimate of drug-likeness (QED) is 0.841. The van der Waals surface area contributed by atoms with E-state index in [-0.39, 0.29) is 6.10 Å². The Bertz CT molecular complexity index is 333. The molecular weight excluding hydrogens is 280 g/mol. The van der Waals surface area contributed by atoms with Gasteiger partial charge in [-0.05, 0) is 53.9 Å². The van der Waals surface area contributed by atoms with Gasteiger partial charge in [0.2, 0.25) is 0 Å². The first-order valence-electron chi connectivity index (χ1n) is 6.03. The van der Waals surface area contributed by atoms with Gasteiger partial charge in [-0.25, -0.2) is 0 Å². The highest BCUT2D eigenvalue weighted by atomic mass is 79.9. The minimum atomic E-state index is 0.195. The molecule has 17 heavy (non-hydrogen) atoms. The molecule has 0 aliphatic rings. The first kappa shape index (κ1) is 14.6. The van der Waals surface area contributed by atoms with E-state index in [1.807, 2.05) is 6.20 Å². The van der Waals surface area contributed by atoms with Crippen LogP contribution < -0.4 is 5.32 Å². The predicted molar refractivity (Wildman–Crippen MR) is 74.2 cm³/mol. The normalized spacial score (nSPS) is 14.6. The lowest BCUT2D eigenvalue weighted by molar-refractivity contribution is 0.0830. The Hall–Kier alpha value is -0.450. The summed E-state index contributed by atoms with van der Waals surface area (Å²) >= 11 is 3.44. The van der Waals surface area contributed by atoms with E-state index in [1.54, 1.807) is 13.3 Å². The van der Waals surface area contributed by atoms with Crippen LogP contribution >= 0.6 is 15.9 Å². The second kappa shape index (κ2) is 7.80. The molecule has 2 atom stereocenters. The third kappa shape index (κ3) is 5.15. The molecule has 1 N–H and O–H groups in total. The standard InChI is InChI=1S/C13H21BrN2O/c1-4-5-16-13(10(2)17-3)7-11-6-12(14)9-15-8-11/h6,8-10,13,16H,4-5,7H2,1-3H3. The fraction of sp³-hybridized carbons (Fsp3) is 0.615. The maximum absolute atomic E-state index is 5.42. The van der Waals surface area contributed by atoms with E-state index in [9.17, 15) is 0 Å². The van der Waals surface area contributed by atoms with E-state index >= 15 is 0 Å². The van der Waals surface area contributed by atoms with Gasteiger partial charge in [-0.15, -0.1) is 0 Å². The van der Waals surface area contributed by atoms with Crippen LogP contribution in [0.5, 0.6) is 0 Å². The minimum Gasteiger partial charge on any atom is -0.380 e. The van der Waals surface area contributed by atoms with Crippen molar-refractivity contribution < 1.29 is 4.74 Å². The zero-order chi connectivity index (χ0) is 12.7. The fourth-order valence-electron chi connectivity index (χ4n) is 1.72. The molecule has 0 aliphatic heterocycles. The molecule has 0 spiro atoms. The maximum atomic E-state index is 5.42. The Labute approximate surface area is 112 Å². The second-order valence-corrected chi connectivity index (χ2v) is 5.13. The summed E-state index contributed by atoms with van der Waals surface area (Å²) in [6, 6.07) is 2.44. The van der Waals surface area contributed by atoms with Crippen molar-refractivity contribution in [2.24, 2.45) is 0 Å². The first-order chi connectivity index (χ1) is 8.17. The van der Waals surface area contributed by atoms with Crippen LogP contribution in [0.25, 0.3) is 0 Å². The lowest BCUT2D eigenvalue weighted by Crippen LogP contribution is -2.41. The number of rotatable bonds is 7. The van der Waals surface area contributed by atoms with Crippen molar-refractivity contribution in [2.75, 3.05) is 13.7 Å². The van der Waals surface area contributed by atoms with E-state index in [0.717, 1.165) is 23.9 Å². The van der Waals surface area contributed by atoms with Crippen molar-refractivity contribution in [3.05, 3.63) is 28.5 Å². The van der Waals surface area contributed by atoms with E-state index in [1.165, 1.54) is 5.56 Å². The van der Waals surface area contributed by atoms with E-state index < -0.39 is 0 Å². The van der Waals surface area contributed by atoms with Gasteiger partial charge in [0, 0.05) is 30.0 Å². The zero-order valence-corrected chi connectivity index (χ0v) is 12.3. The highest BCUT2D eigenvalue weighted by molar-refractivity contribution is 9.10. The van der Waals surface area contributed by atoms with Crippen LogP contribution in [0.3, 0.4) is 0 Å². The summed E-state index contributed by atoms with van der Waals surface area (Å²) in [6.45, 7) is 5.28. The van der Waals surface area contributed by atoms with Crippen molar-refractivity contribution in [3.63, 3.8) is 0 Å². The van der Waals surface area contributed by atoms with Gasteiger partial charge in [-0.3, -0.25) is 4.98 Å². The molecule has 2 unspecified atom stereocenters. The number of nitrogens with zero attached hydrogens (tertiary/aromatic N) is 1. The topological polar surface area (TPSA) is 34.2 Å². The highest BCUT2D eigenvalue weighted by Gasteiger charge is 2.16. The summed E-state index contributed by atoms with van der Waals surface area (Å²) < 4.78 is 6.44. The Morgan fingerprint density at radius 1 is 1.47 bits per heavy atom. The van der Waals surface area contributed by atoms with E-state index in [2.05, 4.69) is 46.1 Å². The highest BCUT2D eigenvalue weighted by Crippen LogP contribution is 2.13. The Balaban J connectivity index is 2.64. The zero-order valence-electron chi connectivity index (χ0n) is 10.7. The number of aromatic nitrogens is 1. The minimum absolute atomic E-state index is 0.195. The molecule has 96 valence electrons. The molecule has 0 bridgehead atoms. The molecule has 4 heteroatoms. The van der Waals surface area contributed by atoms with Gasteiger partial charge in [0.25, 0.3) is 0 Å². The monoisotopic (exact) mass is 300 g/mol. The van der Waals surface area contributed by atoms with Crippen LogP contribution in [0.15, 0.2) is 22.9 Å². The second-order valence-electron chi connectivity index (χ2n) is 4.22. The maximum Gasteiger partial charge on any atom is 0.0699 e. The van der Waals surface area contributed by atoms with Crippen molar-refractivity contribution in [3.8, 4) is 0 Å². The van der Waals surface area contributed by atoms with Gasteiger partial charge in [-0.2, -0.15) is 0 Å². The van der Waals surface area contributed by atoms with Crippen molar-refractivity contribution in [1.82, 2.24) is 10.3 Å². The molecule has 0 aromatic carbocycles. The van der Waals surface area contributed by atoms with Crippen LogP contribution in [0.4, 0.5) is 0 Å². The number of pyridine rings is 1. The predicted octanol–water partition coefficient (Wildman–Crippen LogP) is 2.79. The van der Waals surface area contributed by atoms with Crippen LogP contribution in [0.2, 0.25) is 0 Å². The fourth-order valence-corrected chi connectivity index (χ4v) is 2.13. The smallest absolute Gasteiger partial charge is 0.0699 e. The largest absolute Gasteiger partial charge is 0.380 e. The number of ether oxygens (including phenoxy) is 1. The third-order valence-corrected chi connectivity index (χ3v) is 3.25. The van der Waals surface area contributed by atoms with E-state index in [4.69, 9.17) is 4.74 Å². The summed E-state index contributed by atoms with van der Waals surface area (Å²) in [5, 5.41) is 3.52. The number of nitrogens with one attached hydrogen (secondary N) is 1. The molecule has 0 saturated heterocycles. The van der Waals surface area contributed by atoms with Gasteiger partial charge in [0.1, 0.15) is 0 Å². The van der Waals surface area contributed by atoms with Gasteiger partial charge < -0.3 is 10.1 Å². The number of halogens is 1. The molecule has 0 radical (unpaired) electrons. The van der Waals surface area contributed by atoms with Gasteiger partial charge in [0.05, 0.1) is 6.10 Å². The average Bonchev–Trinajstić information content (AvgIpc) is 2.33. The first-order valence-corrected chi connectivity index (χ1v) is 6.82. The summed E-state index contributed by atoms with van der Waals surface area (Å²) in [7, 11) is 1.75. The SMILES string of the molecule is CCCNC(Cc1cncc(Br)c1)C(C)OC. The molecule has 1 aromatic heterocycles. The lowest BCUT2D eigenvalue weighted by atomic mass is 10.0. The third-order valence-electron chi connectivity index (χ3n) is 2.81. The molecule has 0 fully saturated rings. The van der Waals surface area contributed by atoms with Crippen LogP contribution in [-0.4, -0.2) is 30.8 Å². The van der Waals surface area contributed by atoms with Crippen molar-refractivity contribution >= 4 is 15.9 Å². The molecule has 1 aromatic rings. The van der Waals surface area contributed by atoms with Crippen molar-refractivity contribution in [2.45, 2.75) is 38.8 Å². The number of methoxy groups -OCH3 is 1. The molecule has 3 nitrogen and oxygen atoms in total. The Morgan fingerprint density at radius 3 is 2.82 bits per heavy atom. The van der Waals surface area contributed by atoms with Crippen LogP contribution in [0, 0.1) is 0 Å². The Kier molecular flexibility index (Phi) is 6.70. The number of hydrogen-bond donors (Lipinski definition) is 1. The molecule has 1 heterocycles.